The van der Waals surface area contributed by atoms with Crippen molar-refractivity contribution in [2.75, 3.05) is 42.9 Å². The molecule has 332 valence electrons. The van der Waals surface area contributed by atoms with Gasteiger partial charge in [-0.1, -0.05) is 24.4 Å². The van der Waals surface area contributed by atoms with Crippen molar-refractivity contribution in [1.29, 1.82) is 0 Å². The van der Waals surface area contributed by atoms with Gasteiger partial charge in [0.2, 0.25) is 17.8 Å². The first-order valence-electron chi connectivity index (χ1n) is 22.5. The number of sulfone groups is 1. The van der Waals surface area contributed by atoms with Crippen molar-refractivity contribution in [3.05, 3.63) is 80.1 Å². The molecule has 2 aliphatic carbocycles. The number of imidazole rings is 1. The number of anilines is 3. The van der Waals surface area contributed by atoms with E-state index in [0.717, 1.165) is 101 Å². The largest absolute Gasteiger partial charge is 0.371 e. The molecule has 15 nitrogen and oxygen atoms in total. The molecule has 17 heteroatoms. The van der Waals surface area contributed by atoms with Gasteiger partial charge in [-0.15, -0.1) is 0 Å². The van der Waals surface area contributed by atoms with Gasteiger partial charge in [-0.2, -0.15) is 4.98 Å². The summed E-state index contributed by atoms with van der Waals surface area (Å²) in [5.41, 5.74) is 4.12. The van der Waals surface area contributed by atoms with Crippen molar-refractivity contribution in [1.82, 2.24) is 33.9 Å². The number of hydrogen-bond donors (Lipinski definition) is 2. The van der Waals surface area contributed by atoms with Crippen LogP contribution >= 0.6 is 11.6 Å². The molecule has 1 atom stereocenters. The van der Waals surface area contributed by atoms with Crippen molar-refractivity contribution in [3.8, 4) is 0 Å². The normalized spacial score (nSPS) is 21.7. The number of hydrogen-bond acceptors (Lipinski definition) is 11. The molecule has 3 aromatic heterocycles. The summed E-state index contributed by atoms with van der Waals surface area (Å²) in [6.07, 6.45) is 11.7. The van der Waals surface area contributed by atoms with Gasteiger partial charge >= 0.3 is 5.69 Å². The Morgan fingerprint density at radius 1 is 0.889 bits per heavy atom. The van der Waals surface area contributed by atoms with Gasteiger partial charge < -0.3 is 15.1 Å². The maximum Gasteiger partial charge on any atom is 0.329 e. The Bertz CT molecular complexity index is 2880. The Morgan fingerprint density at radius 3 is 2.35 bits per heavy atom. The number of pyridine rings is 1. The van der Waals surface area contributed by atoms with Crippen LogP contribution < -0.4 is 26.8 Å². The molecule has 0 bridgehead atoms. The zero-order valence-corrected chi connectivity index (χ0v) is 37.4. The van der Waals surface area contributed by atoms with Crippen LogP contribution in [0.4, 0.5) is 17.3 Å². The van der Waals surface area contributed by atoms with Crippen molar-refractivity contribution < 1.29 is 18.0 Å². The summed E-state index contributed by atoms with van der Waals surface area (Å²) >= 11 is 6.31. The summed E-state index contributed by atoms with van der Waals surface area (Å²) in [4.78, 5) is 65.2. The molecule has 5 aromatic rings. The number of benzene rings is 2. The van der Waals surface area contributed by atoms with Gasteiger partial charge in [0, 0.05) is 62.1 Å². The van der Waals surface area contributed by atoms with Crippen molar-refractivity contribution in [3.63, 3.8) is 0 Å². The van der Waals surface area contributed by atoms with Crippen LogP contribution in [0.15, 0.2) is 63.1 Å². The maximum absolute atomic E-state index is 13.9. The number of aryl methyl sites for hydroxylation is 2. The van der Waals surface area contributed by atoms with E-state index in [9.17, 15) is 27.6 Å². The molecule has 10 rings (SSSR count). The molecule has 3 saturated heterocycles. The molecule has 3 aliphatic heterocycles. The standard InChI is InChI=1S/C46H54ClN9O6S/c1-28-21-33(8-9-36(28)49-44-48-26-30-22-35(47)43(59)55(41(30)51-44)31-5-3-4-6-31)63(61,62)34-24-46(25-34)15-19-53(20-16-46)27-29-13-17-54(18-14-29)32-7-10-37-39(23-32)52(2)45(60)56(37)38-11-12-40(57)50-42(38)58/h7-10,21-23,26,29,31,34,38H,3-6,11-20,24-25,27H2,1-2H3,(H,48,49,51)(H,50,57,58). The second kappa shape index (κ2) is 16.2. The fourth-order valence-electron chi connectivity index (χ4n) is 11.2. The van der Waals surface area contributed by atoms with Gasteiger partial charge in [-0.05, 0) is 137 Å². The smallest absolute Gasteiger partial charge is 0.329 e. The van der Waals surface area contributed by atoms with E-state index < -0.39 is 21.8 Å². The van der Waals surface area contributed by atoms with E-state index in [-0.39, 0.29) is 45.3 Å². The third-order valence-electron chi connectivity index (χ3n) is 15.0. The van der Waals surface area contributed by atoms with Crippen molar-refractivity contribution in [2.45, 2.75) is 106 Å². The summed E-state index contributed by atoms with van der Waals surface area (Å²) in [5, 5.41) is 6.11. The zero-order valence-electron chi connectivity index (χ0n) is 35.8. The first-order chi connectivity index (χ1) is 30.3. The lowest BCUT2D eigenvalue weighted by Gasteiger charge is -2.52. The molecule has 1 spiro atoms. The molecule has 2 amide bonds. The number of imide groups is 1. The highest BCUT2D eigenvalue weighted by molar-refractivity contribution is 7.92. The monoisotopic (exact) mass is 895 g/mol. The number of fused-ring (bicyclic) bond motifs is 2. The highest BCUT2D eigenvalue weighted by Crippen LogP contribution is 2.53. The number of carbonyl (C=O) groups is 2. The van der Waals surface area contributed by atoms with E-state index in [1.54, 1.807) is 46.6 Å². The van der Waals surface area contributed by atoms with E-state index in [1.165, 1.54) is 4.57 Å². The minimum atomic E-state index is -3.50. The number of nitrogens with zero attached hydrogens (tertiary/aromatic N) is 7. The topological polar surface area (TPSA) is 174 Å². The molecule has 5 aliphatic rings. The van der Waals surface area contributed by atoms with Crippen LogP contribution in [0.3, 0.4) is 0 Å². The van der Waals surface area contributed by atoms with Crippen molar-refractivity contribution in [2.24, 2.45) is 18.4 Å². The number of rotatable bonds is 9. The zero-order chi connectivity index (χ0) is 43.8. The molecule has 2 saturated carbocycles. The Morgan fingerprint density at radius 2 is 1.63 bits per heavy atom. The first kappa shape index (κ1) is 41.9. The van der Waals surface area contributed by atoms with Crippen LogP contribution in [0.5, 0.6) is 0 Å². The second-order valence-electron chi connectivity index (χ2n) is 18.8. The number of piperidine rings is 3. The molecule has 1 unspecified atom stereocenters. The van der Waals surface area contributed by atoms with E-state index >= 15 is 0 Å². The average molecular weight is 897 g/mol. The minimum absolute atomic E-state index is 0.0501. The van der Waals surface area contributed by atoms with Crippen LogP contribution in [-0.4, -0.2) is 86.8 Å². The lowest BCUT2D eigenvalue weighted by molar-refractivity contribution is -0.135. The summed E-state index contributed by atoms with van der Waals surface area (Å²) in [6.45, 7) is 6.74. The highest BCUT2D eigenvalue weighted by Gasteiger charge is 2.51. The summed E-state index contributed by atoms with van der Waals surface area (Å²) in [6, 6.07) is 12.2. The fraction of sp³-hybridized carbons (Fsp3) is 0.522. The van der Waals surface area contributed by atoms with Gasteiger partial charge in [-0.25, -0.2) is 18.2 Å². The molecule has 6 heterocycles. The van der Waals surface area contributed by atoms with E-state index in [1.807, 2.05) is 25.1 Å². The molecular formula is C46H54ClN9O6S. The van der Waals surface area contributed by atoms with E-state index in [0.29, 0.717) is 58.3 Å². The predicted octanol–water partition coefficient (Wildman–Crippen LogP) is 6.18. The Labute approximate surface area is 370 Å². The highest BCUT2D eigenvalue weighted by atomic mass is 35.5. The quantitative estimate of drug-likeness (QED) is 0.162. The van der Waals surface area contributed by atoms with Crippen molar-refractivity contribution >= 4 is 72.6 Å². The molecule has 0 radical (unpaired) electrons. The van der Waals surface area contributed by atoms with Gasteiger partial charge in [-0.3, -0.25) is 33.4 Å². The third kappa shape index (κ3) is 7.64. The summed E-state index contributed by atoms with van der Waals surface area (Å²) < 4.78 is 32.7. The Balaban J connectivity index is 0.718. The molecule has 2 aromatic carbocycles. The average Bonchev–Trinajstić information content (AvgIpc) is 3.88. The molecule has 2 N–H and O–H groups in total. The number of carbonyl (C=O) groups excluding carboxylic acids is 2. The number of likely N-dealkylation sites (tertiary alicyclic amines) is 1. The van der Waals surface area contributed by atoms with Crippen LogP contribution in [0, 0.1) is 18.3 Å². The Kier molecular flexibility index (Phi) is 10.8. The SMILES string of the molecule is Cc1cc(S(=O)(=O)C2CC3(CCN(CC4CCN(c5ccc6c(c5)n(C)c(=O)n6C5CCC(=O)NC5=O)CC4)CC3)C2)ccc1Nc1ncc2cc(Cl)c(=O)n(C3CCCC3)c2n1. The molecule has 5 fully saturated rings. The van der Waals surface area contributed by atoms with Crippen LogP contribution in [0.25, 0.3) is 22.1 Å². The fourth-order valence-corrected chi connectivity index (χ4v) is 13.5. The minimum Gasteiger partial charge on any atom is -0.371 e. The first-order valence-corrected chi connectivity index (χ1v) is 24.4. The third-order valence-corrected chi connectivity index (χ3v) is 17.4. The predicted molar refractivity (Wildman–Crippen MR) is 243 cm³/mol. The van der Waals surface area contributed by atoms with Gasteiger partial charge in [0.05, 0.1) is 21.2 Å². The number of halogens is 1. The summed E-state index contributed by atoms with van der Waals surface area (Å²) in [5.74, 6) is 0.177. The van der Waals surface area contributed by atoms with E-state index in [4.69, 9.17) is 16.6 Å². The van der Waals surface area contributed by atoms with Crippen LogP contribution in [0.2, 0.25) is 5.02 Å². The van der Waals surface area contributed by atoms with E-state index in [2.05, 4.69) is 25.4 Å². The maximum atomic E-state index is 13.9. The van der Waals surface area contributed by atoms with Crippen LogP contribution in [0.1, 0.15) is 94.7 Å². The van der Waals surface area contributed by atoms with Gasteiger partial charge in [0.25, 0.3) is 5.56 Å². The molecule has 63 heavy (non-hydrogen) atoms. The van der Waals surface area contributed by atoms with Gasteiger partial charge in [0.15, 0.2) is 9.84 Å². The van der Waals surface area contributed by atoms with Crippen LogP contribution in [-0.2, 0) is 26.5 Å². The molecular weight excluding hydrogens is 842 g/mol. The summed E-state index contributed by atoms with van der Waals surface area (Å²) in [7, 11) is -1.78. The number of nitrogens with one attached hydrogen (secondary N) is 2. The number of amides is 2. The second-order valence-corrected chi connectivity index (χ2v) is 21.5. The lowest BCUT2D eigenvalue weighted by atomic mass is 9.63. The van der Waals surface area contributed by atoms with Gasteiger partial charge in [0.1, 0.15) is 16.7 Å². The lowest BCUT2D eigenvalue weighted by Crippen LogP contribution is -2.52. The Hall–Kier alpha value is -5.06. The number of aromatic nitrogens is 5.